The summed E-state index contributed by atoms with van der Waals surface area (Å²) < 4.78 is 0. The van der Waals surface area contributed by atoms with Gasteiger partial charge in [0.05, 0.1) is 18.3 Å². The third-order valence-corrected chi connectivity index (χ3v) is 2.72. The van der Waals surface area contributed by atoms with Crippen LogP contribution in [0.3, 0.4) is 0 Å². The van der Waals surface area contributed by atoms with Crippen LogP contribution in [0.5, 0.6) is 0 Å². The number of nitrogens with zero attached hydrogens (tertiary/aromatic N) is 1. The summed E-state index contributed by atoms with van der Waals surface area (Å²) >= 11 is 1.58. The van der Waals surface area contributed by atoms with E-state index in [2.05, 4.69) is 4.99 Å². The molecule has 1 aliphatic heterocycles. The van der Waals surface area contributed by atoms with Gasteiger partial charge in [0.15, 0.2) is 0 Å². The molecule has 0 aromatic rings. The van der Waals surface area contributed by atoms with E-state index in [1.54, 1.807) is 11.8 Å². The van der Waals surface area contributed by atoms with Crippen molar-refractivity contribution >= 4 is 16.8 Å². The first kappa shape index (κ1) is 8.04. The zero-order chi connectivity index (χ0) is 7.61. The zero-order valence-corrected chi connectivity index (χ0v) is 6.69. The highest BCUT2D eigenvalue weighted by Crippen LogP contribution is 2.26. The maximum Gasteiger partial charge on any atom is 0.117 e. The van der Waals surface area contributed by atoms with Crippen LogP contribution in [-0.4, -0.2) is 39.8 Å². The van der Waals surface area contributed by atoms with Crippen molar-refractivity contribution in [1.29, 1.82) is 0 Å². The fourth-order valence-electron chi connectivity index (χ4n) is 0.849. The number of hydrogen-bond acceptors (Lipinski definition) is 4. The second kappa shape index (κ2) is 2.90. The number of aliphatic imine (C=N–C) groups is 1. The largest absolute Gasteiger partial charge is 0.394 e. The van der Waals surface area contributed by atoms with Gasteiger partial charge in [0.25, 0.3) is 0 Å². The summed E-state index contributed by atoms with van der Waals surface area (Å²) in [6.45, 7) is 1.76. The molecule has 0 spiro atoms. The van der Waals surface area contributed by atoms with Crippen molar-refractivity contribution in [3.8, 4) is 0 Å². The van der Waals surface area contributed by atoms with Crippen molar-refractivity contribution in [1.82, 2.24) is 0 Å². The van der Waals surface area contributed by atoms with Crippen molar-refractivity contribution < 1.29 is 10.2 Å². The first-order valence-corrected chi connectivity index (χ1v) is 4.12. The van der Waals surface area contributed by atoms with E-state index in [-0.39, 0.29) is 13.2 Å². The molecule has 0 radical (unpaired) electrons. The minimum Gasteiger partial charge on any atom is -0.394 e. The molecule has 0 unspecified atom stereocenters. The molecule has 0 aromatic heterocycles. The minimum absolute atomic E-state index is 0.0617. The quantitative estimate of drug-likeness (QED) is 0.593. The Bertz CT molecular complexity index is 154. The summed E-state index contributed by atoms with van der Waals surface area (Å²) in [5, 5.41) is 18.7. The lowest BCUT2D eigenvalue weighted by molar-refractivity contribution is 0.140. The molecule has 4 heteroatoms. The summed E-state index contributed by atoms with van der Waals surface area (Å²) in [5.41, 5.74) is -0.589. The first-order valence-electron chi connectivity index (χ1n) is 3.13. The molecule has 0 fully saturated rings. The van der Waals surface area contributed by atoms with Crippen LogP contribution in [0.2, 0.25) is 0 Å². The summed E-state index contributed by atoms with van der Waals surface area (Å²) in [6, 6.07) is 0. The molecule has 0 saturated carbocycles. The van der Waals surface area contributed by atoms with Gasteiger partial charge in [0.2, 0.25) is 0 Å². The molecular formula is C6H11NO2S. The third-order valence-electron chi connectivity index (χ3n) is 1.53. The third kappa shape index (κ3) is 1.33. The molecule has 1 aliphatic rings. The van der Waals surface area contributed by atoms with Crippen LogP contribution in [0.1, 0.15) is 6.92 Å². The highest BCUT2D eigenvalue weighted by molar-refractivity contribution is 8.14. The van der Waals surface area contributed by atoms with Gasteiger partial charge in [-0.1, -0.05) is 0 Å². The van der Waals surface area contributed by atoms with Crippen molar-refractivity contribution in [2.24, 2.45) is 4.99 Å². The highest BCUT2D eigenvalue weighted by atomic mass is 32.2. The molecule has 0 saturated heterocycles. The monoisotopic (exact) mass is 161 g/mol. The van der Waals surface area contributed by atoms with E-state index >= 15 is 0 Å². The van der Waals surface area contributed by atoms with Gasteiger partial charge >= 0.3 is 0 Å². The fourth-order valence-corrected chi connectivity index (χ4v) is 1.83. The van der Waals surface area contributed by atoms with E-state index in [1.807, 2.05) is 6.92 Å². The molecule has 2 N–H and O–H groups in total. The van der Waals surface area contributed by atoms with Crippen molar-refractivity contribution in [3.05, 3.63) is 0 Å². The van der Waals surface area contributed by atoms with Crippen LogP contribution in [0.15, 0.2) is 4.99 Å². The Morgan fingerprint density at radius 3 is 2.40 bits per heavy atom. The van der Waals surface area contributed by atoms with Crippen LogP contribution >= 0.6 is 11.8 Å². The Morgan fingerprint density at radius 1 is 1.60 bits per heavy atom. The molecule has 0 atom stereocenters. The molecule has 0 bridgehead atoms. The predicted octanol–water partition coefficient (Wildman–Crippen LogP) is -0.125. The lowest BCUT2D eigenvalue weighted by Gasteiger charge is -2.18. The van der Waals surface area contributed by atoms with Crippen LogP contribution in [0.4, 0.5) is 0 Å². The van der Waals surface area contributed by atoms with Gasteiger partial charge in [0, 0.05) is 5.75 Å². The van der Waals surface area contributed by atoms with Crippen LogP contribution in [-0.2, 0) is 0 Å². The van der Waals surface area contributed by atoms with Crippen LogP contribution < -0.4 is 0 Å². The average Bonchev–Trinajstić information content (AvgIpc) is 2.33. The maximum absolute atomic E-state index is 8.85. The Morgan fingerprint density at radius 2 is 2.20 bits per heavy atom. The normalized spacial score (nSPS) is 22.9. The highest BCUT2D eigenvalue weighted by Gasteiger charge is 2.32. The first-order chi connectivity index (χ1) is 4.72. The van der Waals surface area contributed by atoms with E-state index in [0.717, 1.165) is 5.04 Å². The van der Waals surface area contributed by atoms with Gasteiger partial charge in [-0.05, 0) is 6.92 Å². The molecule has 0 aromatic carbocycles. The van der Waals surface area contributed by atoms with E-state index in [1.165, 1.54) is 0 Å². The standard InChI is InChI=1S/C6H11NO2S/c1-5-7-6(2-8,3-9)4-10-5/h8-9H,2-4H2,1H3. The second-order valence-corrected chi connectivity index (χ2v) is 3.63. The fraction of sp³-hybridized carbons (Fsp3) is 0.833. The molecule has 1 rings (SSSR count). The van der Waals surface area contributed by atoms with Gasteiger partial charge in [-0.25, -0.2) is 0 Å². The van der Waals surface area contributed by atoms with E-state index in [9.17, 15) is 0 Å². The predicted molar refractivity (Wildman–Crippen MR) is 42.5 cm³/mol. The van der Waals surface area contributed by atoms with Gasteiger partial charge in [0.1, 0.15) is 5.54 Å². The van der Waals surface area contributed by atoms with Gasteiger partial charge in [-0.2, -0.15) is 0 Å². The Balaban J connectivity index is 2.68. The molecule has 10 heavy (non-hydrogen) atoms. The summed E-state index contributed by atoms with van der Waals surface area (Å²) in [5.74, 6) is 0.700. The van der Waals surface area contributed by atoms with E-state index in [0.29, 0.717) is 5.75 Å². The van der Waals surface area contributed by atoms with E-state index < -0.39 is 5.54 Å². The lowest BCUT2D eigenvalue weighted by atomic mass is 10.1. The maximum atomic E-state index is 8.85. The van der Waals surface area contributed by atoms with Crippen LogP contribution in [0.25, 0.3) is 0 Å². The number of thioether (sulfide) groups is 1. The summed E-state index contributed by atoms with van der Waals surface area (Å²) in [7, 11) is 0. The Labute approximate surface area is 64.2 Å². The SMILES string of the molecule is CC1=NC(CO)(CO)CS1. The van der Waals surface area contributed by atoms with Crippen molar-refractivity contribution in [2.45, 2.75) is 12.5 Å². The molecule has 0 amide bonds. The average molecular weight is 161 g/mol. The molecule has 58 valence electrons. The van der Waals surface area contributed by atoms with Gasteiger partial charge < -0.3 is 10.2 Å². The smallest absolute Gasteiger partial charge is 0.117 e. The van der Waals surface area contributed by atoms with Gasteiger partial charge in [-0.15, -0.1) is 11.8 Å². The summed E-state index contributed by atoms with van der Waals surface area (Å²) in [6.07, 6.45) is 0. The number of hydrogen-bond donors (Lipinski definition) is 2. The number of rotatable bonds is 2. The Hall–Kier alpha value is -0.0600. The van der Waals surface area contributed by atoms with Crippen LogP contribution in [0, 0.1) is 0 Å². The molecule has 3 nitrogen and oxygen atoms in total. The van der Waals surface area contributed by atoms with E-state index in [4.69, 9.17) is 10.2 Å². The zero-order valence-electron chi connectivity index (χ0n) is 5.87. The Kier molecular flexibility index (Phi) is 2.33. The van der Waals surface area contributed by atoms with Crippen molar-refractivity contribution in [2.75, 3.05) is 19.0 Å². The van der Waals surface area contributed by atoms with Crippen molar-refractivity contribution in [3.63, 3.8) is 0 Å². The molecule has 0 aliphatic carbocycles. The second-order valence-electron chi connectivity index (χ2n) is 2.46. The molecular weight excluding hydrogens is 150 g/mol. The topological polar surface area (TPSA) is 52.8 Å². The lowest BCUT2D eigenvalue weighted by Crippen LogP contribution is -2.35. The minimum atomic E-state index is -0.589. The molecule has 1 heterocycles. The van der Waals surface area contributed by atoms with Gasteiger partial charge in [-0.3, -0.25) is 4.99 Å². The number of aliphatic hydroxyl groups excluding tert-OH is 2. The number of aliphatic hydroxyl groups is 2. The summed E-state index contributed by atoms with van der Waals surface area (Å²) in [4.78, 5) is 4.14.